The van der Waals surface area contributed by atoms with E-state index in [1.165, 1.54) is 16.8 Å². The average molecular weight is 456 g/mol. The van der Waals surface area contributed by atoms with Crippen molar-refractivity contribution in [3.63, 3.8) is 0 Å². The zero-order chi connectivity index (χ0) is 24.5. The van der Waals surface area contributed by atoms with Gasteiger partial charge in [-0.05, 0) is 53.7 Å². The number of rotatable bonds is 7. The first kappa shape index (κ1) is 24.4. The molecule has 0 spiro atoms. The van der Waals surface area contributed by atoms with Crippen molar-refractivity contribution in [2.75, 3.05) is 11.9 Å². The molecule has 0 radical (unpaired) electrons. The average Bonchev–Trinajstić information content (AvgIpc) is 3.03. The lowest BCUT2D eigenvalue weighted by Gasteiger charge is -2.31. The number of pyridine rings is 1. The first-order valence-corrected chi connectivity index (χ1v) is 11.2. The van der Waals surface area contributed by atoms with Crippen molar-refractivity contribution < 1.29 is 19.1 Å². The topological polar surface area (TPSA) is 89.9 Å². The third-order valence-corrected chi connectivity index (χ3v) is 5.47. The van der Waals surface area contributed by atoms with E-state index in [1.54, 1.807) is 18.0 Å². The number of aromatic nitrogens is 1. The molecule has 2 aromatic rings. The molecule has 1 aromatic carbocycles. The van der Waals surface area contributed by atoms with Crippen molar-refractivity contribution in [3.8, 4) is 11.5 Å². The largest absolute Gasteiger partial charge is 0.483 e. The summed E-state index contributed by atoms with van der Waals surface area (Å²) in [7, 11) is 1.55. The summed E-state index contributed by atoms with van der Waals surface area (Å²) in [5.41, 5.74) is 0.639. The van der Waals surface area contributed by atoms with Gasteiger partial charge in [-0.15, -0.1) is 0 Å². The number of aryl methyl sites for hydroxylation is 1. The van der Waals surface area contributed by atoms with Crippen molar-refractivity contribution in [1.29, 1.82) is 0 Å². The number of fused-ring (bicyclic) bond motifs is 1. The molecule has 1 aromatic heterocycles. The van der Waals surface area contributed by atoms with Crippen LogP contribution in [0.2, 0.25) is 0 Å². The normalized spacial score (nSPS) is 14.1. The maximum Gasteiger partial charge on any atom is 0.274 e. The number of para-hydroxylation sites is 1. The van der Waals surface area contributed by atoms with Crippen LogP contribution in [0.4, 0.5) is 5.69 Å². The summed E-state index contributed by atoms with van der Waals surface area (Å²) in [5, 5.41) is 2.59. The fourth-order valence-electron chi connectivity index (χ4n) is 4.16. The SMILES string of the molecule is CC(C)N(C(=O)c1cc(NC(=O)COc2cccc3c2OC(C)(C)C3)c(=O)n(C)c1)C(C)C. The number of anilines is 1. The number of benzene rings is 1. The van der Waals surface area contributed by atoms with Gasteiger partial charge in [0.2, 0.25) is 0 Å². The predicted molar refractivity (Wildman–Crippen MR) is 127 cm³/mol. The maximum atomic E-state index is 13.1. The molecule has 0 unspecified atom stereocenters. The molecule has 8 heteroatoms. The first-order chi connectivity index (χ1) is 15.4. The zero-order valence-electron chi connectivity index (χ0n) is 20.4. The van der Waals surface area contributed by atoms with Gasteiger partial charge in [0.05, 0.1) is 5.56 Å². The highest BCUT2D eigenvalue weighted by molar-refractivity contribution is 5.97. The number of nitrogens with zero attached hydrogens (tertiary/aromatic N) is 2. The molecule has 2 heterocycles. The van der Waals surface area contributed by atoms with E-state index in [0.29, 0.717) is 17.1 Å². The number of amides is 2. The van der Waals surface area contributed by atoms with E-state index in [0.717, 1.165) is 12.0 Å². The van der Waals surface area contributed by atoms with Gasteiger partial charge in [-0.25, -0.2) is 0 Å². The Hall–Kier alpha value is -3.29. The van der Waals surface area contributed by atoms with Gasteiger partial charge in [0.25, 0.3) is 17.4 Å². The number of ether oxygens (including phenoxy) is 2. The van der Waals surface area contributed by atoms with Gasteiger partial charge in [0.15, 0.2) is 18.1 Å². The van der Waals surface area contributed by atoms with Crippen LogP contribution in [0.1, 0.15) is 57.5 Å². The number of carbonyl (C=O) groups is 2. The molecular weight excluding hydrogens is 422 g/mol. The summed E-state index contributed by atoms with van der Waals surface area (Å²) in [6.45, 7) is 11.4. The minimum atomic E-state index is -0.504. The van der Waals surface area contributed by atoms with E-state index in [1.807, 2.05) is 53.7 Å². The molecule has 0 bridgehead atoms. The second-order valence-corrected chi connectivity index (χ2v) is 9.58. The monoisotopic (exact) mass is 455 g/mol. The molecule has 2 amide bonds. The molecule has 8 nitrogen and oxygen atoms in total. The summed E-state index contributed by atoms with van der Waals surface area (Å²) in [5.74, 6) is 0.411. The first-order valence-electron chi connectivity index (χ1n) is 11.2. The van der Waals surface area contributed by atoms with Crippen LogP contribution in [-0.4, -0.2) is 45.6 Å². The van der Waals surface area contributed by atoms with E-state index in [4.69, 9.17) is 9.47 Å². The van der Waals surface area contributed by atoms with Crippen LogP contribution in [-0.2, 0) is 18.3 Å². The highest BCUT2D eigenvalue weighted by atomic mass is 16.5. The van der Waals surface area contributed by atoms with E-state index in [9.17, 15) is 14.4 Å². The Kier molecular flexibility index (Phi) is 6.86. The molecule has 1 N–H and O–H groups in total. The van der Waals surface area contributed by atoms with Crippen LogP contribution >= 0.6 is 0 Å². The number of nitrogens with one attached hydrogen (secondary N) is 1. The fourth-order valence-corrected chi connectivity index (χ4v) is 4.16. The lowest BCUT2D eigenvalue weighted by atomic mass is 10.0. The lowest BCUT2D eigenvalue weighted by molar-refractivity contribution is -0.118. The maximum absolute atomic E-state index is 13.1. The lowest BCUT2D eigenvalue weighted by Crippen LogP contribution is -2.42. The Bertz CT molecular complexity index is 1110. The summed E-state index contributed by atoms with van der Waals surface area (Å²) >= 11 is 0. The van der Waals surface area contributed by atoms with Gasteiger partial charge in [0.1, 0.15) is 11.3 Å². The summed E-state index contributed by atoms with van der Waals surface area (Å²) in [6.07, 6.45) is 2.24. The molecule has 1 aliphatic heterocycles. The molecule has 0 saturated heterocycles. The molecule has 0 atom stereocenters. The Labute approximate surface area is 194 Å². The minimum absolute atomic E-state index is 0.0130. The zero-order valence-corrected chi connectivity index (χ0v) is 20.4. The van der Waals surface area contributed by atoms with Crippen LogP contribution < -0.4 is 20.3 Å². The summed E-state index contributed by atoms with van der Waals surface area (Å²) < 4.78 is 13.0. The molecule has 1 aliphatic rings. The predicted octanol–water partition coefficient (Wildman–Crippen LogP) is 3.38. The van der Waals surface area contributed by atoms with E-state index >= 15 is 0 Å². The highest BCUT2D eigenvalue weighted by Crippen LogP contribution is 2.41. The third-order valence-electron chi connectivity index (χ3n) is 5.47. The summed E-state index contributed by atoms with van der Waals surface area (Å²) in [6, 6.07) is 6.98. The number of hydrogen-bond donors (Lipinski definition) is 1. The van der Waals surface area contributed by atoms with Gasteiger partial charge in [-0.2, -0.15) is 0 Å². The van der Waals surface area contributed by atoms with Crippen LogP contribution in [0, 0.1) is 0 Å². The van der Waals surface area contributed by atoms with Crippen molar-refractivity contribution in [2.45, 2.75) is 65.6 Å². The van der Waals surface area contributed by atoms with Gasteiger partial charge < -0.3 is 24.3 Å². The molecule has 33 heavy (non-hydrogen) atoms. The van der Waals surface area contributed by atoms with Crippen molar-refractivity contribution in [2.24, 2.45) is 7.05 Å². The van der Waals surface area contributed by atoms with Gasteiger partial charge in [-0.3, -0.25) is 14.4 Å². The van der Waals surface area contributed by atoms with E-state index in [-0.39, 0.29) is 35.9 Å². The standard InChI is InChI=1S/C25H33N3O5/c1-15(2)28(16(3)4)23(30)18-11-19(24(31)27(7)13-18)26-21(29)14-32-20-10-8-9-17-12-25(5,6)33-22(17)20/h8-11,13,15-16H,12,14H2,1-7H3,(H,26,29). The number of hydrogen-bond acceptors (Lipinski definition) is 5. The Morgan fingerprint density at radius 1 is 1.21 bits per heavy atom. The van der Waals surface area contributed by atoms with Crippen LogP contribution in [0.3, 0.4) is 0 Å². The molecule has 3 rings (SSSR count). The third kappa shape index (κ3) is 5.38. The summed E-state index contributed by atoms with van der Waals surface area (Å²) in [4.78, 5) is 40.0. The van der Waals surface area contributed by atoms with Crippen LogP contribution in [0.5, 0.6) is 11.5 Å². The molecular formula is C25H33N3O5. The van der Waals surface area contributed by atoms with Crippen molar-refractivity contribution >= 4 is 17.5 Å². The fraction of sp³-hybridized carbons (Fsp3) is 0.480. The molecule has 0 saturated carbocycles. The second kappa shape index (κ2) is 9.29. The smallest absolute Gasteiger partial charge is 0.274 e. The molecule has 0 aliphatic carbocycles. The van der Waals surface area contributed by atoms with Gasteiger partial charge in [0, 0.05) is 37.3 Å². The second-order valence-electron chi connectivity index (χ2n) is 9.58. The van der Waals surface area contributed by atoms with E-state index < -0.39 is 11.5 Å². The molecule has 0 fully saturated rings. The van der Waals surface area contributed by atoms with E-state index in [2.05, 4.69) is 5.32 Å². The van der Waals surface area contributed by atoms with Crippen LogP contribution in [0.15, 0.2) is 35.3 Å². The van der Waals surface area contributed by atoms with Gasteiger partial charge >= 0.3 is 0 Å². The quantitative estimate of drug-likeness (QED) is 0.691. The van der Waals surface area contributed by atoms with Crippen molar-refractivity contribution in [1.82, 2.24) is 9.47 Å². The van der Waals surface area contributed by atoms with Crippen LogP contribution in [0.25, 0.3) is 0 Å². The Morgan fingerprint density at radius 3 is 2.52 bits per heavy atom. The van der Waals surface area contributed by atoms with Gasteiger partial charge in [-0.1, -0.05) is 12.1 Å². The number of carbonyl (C=O) groups excluding carboxylic acids is 2. The molecule has 178 valence electrons. The Morgan fingerprint density at radius 2 is 1.88 bits per heavy atom. The highest BCUT2D eigenvalue weighted by Gasteiger charge is 2.32. The van der Waals surface area contributed by atoms with Crippen molar-refractivity contribution in [3.05, 3.63) is 51.9 Å². The Balaban J connectivity index is 1.75. The minimum Gasteiger partial charge on any atom is -0.483 e.